The van der Waals surface area contributed by atoms with Crippen LogP contribution in [0.1, 0.15) is 129 Å². The monoisotopic (exact) mass is 1050 g/mol. The number of amides is 4. The highest BCUT2D eigenvalue weighted by atomic mass is 16.6. The van der Waals surface area contributed by atoms with Crippen molar-refractivity contribution in [2.45, 2.75) is 118 Å². The first-order chi connectivity index (χ1) is 37.3. The number of hydrogen-bond acceptors (Lipinski definition) is 8. The number of rotatable bonds is 13. The lowest BCUT2D eigenvalue weighted by Gasteiger charge is -2.39. The average Bonchev–Trinajstić information content (AvgIpc) is 4.35. The van der Waals surface area contributed by atoms with E-state index in [1.165, 1.54) is 17.6 Å². The normalized spacial score (nSPS) is 22.9. The molecular weight excluding hydrogens is 977 g/mol. The number of likely N-dealkylation sites (tertiary alicyclic amines) is 2. The molecule has 2 aromatic heterocycles. The Morgan fingerprint density at radius 3 is 1.73 bits per heavy atom. The molecule has 14 heteroatoms. The van der Waals surface area contributed by atoms with Crippen molar-refractivity contribution in [2.24, 2.45) is 34.5 Å². The molecule has 4 N–H and O–H groups in total. The van der Waals surface area contributed by atoms with Crippen molar-refractivity contribution in [1.29, 1.82) is 0 Å². The number of aromatic amines is 2. The number of imidazole rings is 2. The Labute approximate surface area is 458 Å². The summed E-state index contributed by atoms with van der Waals surface area (Å²) in [5.74, 6) is 2.53. The fraction of sp³-hybridized carbons (Fsp3) is 0.406. The van der Waals surface area contributed by atoms with E-state index in [9.17, 15) is 19.2 Å². The summed E-state index contributed by atoms with van der Waals surface area (Å²) < 4.78 is 11.0. The van der Waals surface area contributed by atoms with Gasteiger partial charge in [-0.05, 0) is 143 Å². The van der Waals surface area contributed by atoms with Gasteiger partial charge in [-0.25, -0.2) is 19.6 Å². The maximum atomic E-state index is 14.5. The molecule has 0 radical (unpaired) electrons. The zero-order valence-corrected chi connectivity index (χ0v) is 46.3. The third-order valence-electron chi connectivity index (χ3n) is 16.4. The predicted octanol–water partition coefficient (Wildman–Crippen LogP) is 13.0. The first-order valence-corrected chi connectivity index (χ1v) is 27.7. The van der Waals surface area contributed by atoms with E-state index in [0.717, 1.165) is 64.1 Å². The van der Waals surface area contributed by atoms with Crippen molar-refractivity contribution >= 4 is 46.2 Å². The van der Waals surface area contributed by atoms with Gasteiger partial charge in [-0.2, -0.15) is 0 Å². The minimum atomic E-state index is -0.786. The van der Waals surface area contributed by atoms with Crippen molar-refractivity contribution in [1.82, 2.24) is 40.4 Å². The lowest BCUT2D eigenvalue weighted by Crippen LogP contribution is -2.52. The fourth-order valence-electron chi connectivity index (χ4n) is 12.1. The second-order valence-corrected chi connectivity index (χ2v) is 24.2. The number of aromatic nitrogens is 4. The van der Waals surface area contributed by atoms with E-state index in [1.54, 1.807) is 48.5 Å². The maximum Gasteiger partial charge on any atom is 0.413 e. The zero-order valence-electron chi connectivity index (χ0n) is 46.3. The van der Waals surface area contributed by atoms with E-state index in [-0.39, 0.29) is 46.6 Å². The molecule has 3 fully saturated rings. The molecule has 4 aromatic carbocycles. The topological polar surface area (TPSA) is 175 Å². The predicted molar refractivity (Wildman–Crippen MR) is 305 cm³/mol. The van der Waals surface area contributed by atoms with Crippen LogP contribution in [0.25, 0.3) is 33.4 Å². The highest BCUT2D eigenvalue weighted by Gasteiger charge is 2.46. The minimum absolute atomic E-state index is 0.160. The molecule has 4 aliphatic rings. The summed E-state index contributed by atoms with van der Waals surface area (Å²) in [5, 5.41) is 5.72. The Bertz CT molecular complexity index is 3260. The van der Waals surface area contributed by atoms with E-state index in [1.807, 2.05) is 55.8 Å². The number of benzene rings is 4. The van der Waals surface area contributed by atoms with Crippen LogP contribution in [-0.2, 0) is 9.59 Å². The van der Waals surface area contributed by atoms with E-state index in [4.69, 9.17) is 26.0 Å². The summed E-state index contributed by atoms with van der Waals surface area (Å²) in [6.07, 6.45) is 10.8. The smallest absolute Gasteiger partial charge is 0.410 e. The number of carbonyl (C=O) groups excluding carboxylic acids is 4. The van der Waals surface area contributed by atoms with Crippen molar-refractivity contribution in [3.8, 4) is 22.8 Å². The van der Waals surface area contributed by atoms with E-state index < -0.39 is 24.3 Å². The van der Waals surface area contributed by atoms with Crippen LogP contribution in [0.15, 0.2) is 134 Å². The quantitative estimate of drug-likeness (QED) is 0.0884. The van der Waals surface area contributed by atoms with Crippen LogP contribution in [0, 0.1) is 34.5 Å². The van der Waals surface area contributed by atoms with Gasteiger partial charge in [0.05, 0.1) is 35.0 Å². The van der Waals surface area contributed by atoms with Crippen LogP contribution in [0.4, 0.5) is 9.59 Å². The lowest BCUT2D eigenvalue weighted by atomic mass is 9.66. The highest BCUT2D eigenvalue weighted by Crippen LogP contribution is 2.49. The number of allylic oxidation sites excluding steroid dienone is 5. The molecule has 2 aliphatic heterocycles. The number of H-pyrrole nitrogens is 2. The molecule has 6 aromatic rings. The highest BCUT2D eigenvalue weighted by molar-refractivity contribution is 5.89. The zero-order chi connectivity index (χ0) is 55.0. The number of nitrogens with one attached hydrogen (secondary N) is 4. The first kappa shape index (κ1) is 53.6. The largest absolute Gasteiger partial charge is 0.413 e. The van der Waals surface area contributed by atoms with Crippen molar-refractivity contribution in [2.75, 3.05) is 13.1 Å². The molecule has 6 atom stereocenters. The molecule has 4 amide bonds. The number of ether oxygens (including phenoxy) is 2. The molecule has 14 nitrogen and oxygen atoms in total. The third-order valence-corrected chi connectivity index (χ3v) is 16.4. The first-order valence-electron chi connectivity index (χ1n) is 27.7. The van der Waals surface area contributed by atoms with Gasteiger partial charge in [0, 0.05) is 13.1 Å². The van der Waals surface area contributed by atoms with Gasteiger partial charge in [0.15, 0.2) is 0 Å². The van der Waals surface area contributed by atoms with Crippen molar-refractivity contribution in [3.63, 3.8) is 0 Å². The number of fused-ring (bicyclic) bond motifs is 2. The molecule has 2 unspecified atom stereocenters. The Morgan fingerprint density at radius 2 is 1.19 bits per heavy atom. The summed E-state index contributed by atoms with van der Waals surface area (Å²) in [6, 6.07) is 30.5. The van der Waals surface area contributed by atoms with Crippen molar-refractivity contribution in [3.05, 3.63) is 156 Å². The van der Waals surface area contributed by atoms with Gasteiger partial charge in [0.1, 0.15) is 35.2 Å². The molecule has 10 rings (SSSR count). The molecule has 2 saturated heterocycles. The Hall–Kier alpha value is -7.74. The van der Waals surface area contributed by atoms with Crippen molar-refractivity contribution < 1.29 is 28.7 Å². The van der Waals surface area contributed by atoms with Gasteiger partial charge in [0.2, 0.25) is 11.8 Å². The Balaban J connectivity index is 0.864. The molecule has 406 valence electrons. The summed E-state index contributed by atoms with van der Waals surface area (Å²) in [7, 11) is 0. The third kappa shape index (κ3) is 11.6. The van der Waals surface area contributed by atoms with Crippen LogP contribution in [0.2, 0.25) is 0 Å². The van der Waals surface area contributed by atoms with Gasteiger partial charge >= 0.3 is 12.2 Å². The molecule has 78 heavy (non-hydrogen) atoms. The van der Waals surface area contributed by atoms with E-state index >= 15 is 0 Å². The molecule has 0 spiro atoms. The molecule has 4 heterocycles. The second kappa shape index (κ2) is 21.9. The van der Waals surface area contributed by atoms with Gasteiger partial charge in [-0.3, -0.25) is 9.59 Å². The number of hydrogen-bond donors (Lipinski definition) is 4. The van der Waals surface area contributed by atoms with Gasteiger partial charge in [-0.1, -0.05) is 141 Å². The minimum Gasteiger partial charge on any atom is -0.410 e. The maximum absolute atomic E-state index is 14.5. The second-order valence-electron chi connectivity index (χ2n) is 24.2. The molecular formula is C64H74N8O6. The Morgan fingerprint density at radius 1 is 0.654 bits per heavy atom. The Kier molecular flexibility index (Phi) is 15.1. The van der Waals surface area contributed by atoms with Crippen LogP contribution in [0.3, 0.4) is 0 Å². The molecule has 2 aliphatic carbocycles. The van der Waals surface area contributed by atoms with Crippen LogP contribution >= 0.6 is 0 Å². The molecule has 1 saturated carbocycles. The number of nitrogens with zero attached hydrogens (tertiary/aromatic N) is 4. The van der Waals surface area contributed by atoms with Crippen LogP contribution in [-0.4, -0.2) is 78.9 Å². The summed E-state index contributed by atoms with van der Waals surface area (Å²) >= 11 is 0. The average molecular weight is 1050 g/mol. The lowest BCUT2D eigenvalue weighted by molar-refractivity contribution is -0.136. The van der Waals surface area contributed by atoms with Crippen LogP contribution in [0.5, 0.6) is 11.5 Å². The van der Waals surface area contributed by atoms with Crippen LogP contribution < -0.4 is 20.1 Å². The fourth-order valence-corrected chi connectivity index (χ4v) is 12.1. The summed E-state index contributed by atoms with van der Waals surface area (Å²) in [5.41, 5.74) is 8.99. The van der Waals surface area contributed by atoms with Gasteiger partial charge in [0.25, 0.3) is 0 Å². The number of para-hydroxylation sites is 2. The van der Waals surface area contributed by atoms with E-state index in [0.29, 0.717) is 55.1 Å². The molecule has 0 bridgehead atoms. The summed E-state index contributed by atoms with van der Waals surface area (Å²) in [4.78, 5) is 75.8. The standard InChI is InChI=1S/C64H74N8O6/c1-38(2)55(69-61(75)77-46-16-12-10-13-17-46)59(73)71-36-63(6,7)33-53(71)57-65-35-52(68-57)44-24-22-42(23-25-44)48-29-26-41(20-21-43-27-30-49(43)40(48)5)45-28-31-50-51(32-45)67-58(66-50)54-34-64(8,9)37-72(54)60(74)56(39(3)4)70-62(76)78-47-18-14-11-15-19-47/h10-19,22-26,28-29,31-32,35,38-39,43,49,53-56H,5,20-21,27,30,33-34,36-37H2,1-4,6-9H3,(H,65,68)(H,66,67)(H,69,75)(H,70,76)/b41-26+,48-29+/t43?,49?,53-,54-,55-,56-/m0/s1. The van der Waals surface area contributed by atoms with E-state index in [2.05, 4.69) is 103 Å². The summed E-state index contributed by atoms with van der Waals surface area (Å²) in [6.45, 7) is 22.1. The van der Waals surface area contributed by atoms with Gasteiger partial charge < -0.3 is 39.9 Å². The SMILES string of the molecule is C=C1/C(c2ccc(-c3cnc([C@@H]4CC(C)(C)CN4C(=O)[C@@H](NC(=O)Oc4ccccc4)C(C)C)[nH]3)cc2)=C\C=C(\c2ccc3nc([C@@H]4CC(C)(C)CN4C(=O)[C@@H](NC(=O)Oc4ccccc4)C(C)C)[nH]c3c2)CCC2CCC12. The number of carbonyl (C=O) groups is 4. The van der Waals surface area contributed by atoms with Gasteiger partial charge in [-0.15, -0.1) is 0 Å².